The van der Waals surface area contributed by atoms with Crippen molar-refractivity contribution >= 4 is 33.8 Å². The Bertz CT molecular complexity index is 1270. The monoisotopic (exact) mass is 401 g/mol. The third-order valence-electron chi connectivity index (χ3n) is 4.73. The minimum atomic E-state index is -0.506. The normalized spacial score (nSPS) is 10.3. The Morgan fingerprint density at radius 1 is 1.17 bits per heavy atom. The van der Waals surface area contributed by atoms with E-state index in [1.54, 1.807) is 61.7 Å². The maximum absolute atomic E-state index is 11.9. The van der Waals surface area contributed by atoms with Crippen molar-refractivity contribution in [1.29, 1.82) is 5.26 Å². The topological polar surface area (TPSA) is 109 Å². The summed E-state index contributed by atoms with van der Waals surface area (Å²) in [4.78, 5) is 26.4. The summed E-state index contributed by atoms with van der Waals surface area (Å²) in [5.74, 6) is 0. The van der Waals surface area contributed by atoms with Crippen LogP contribution in [0.15, 0.2) is 54.6 Å². The molecule has 4 aromatic rings. The maximum atomic E-state index is 11.9. The summed E-state index contributed by atoms with van der Waals surface area (Å²) in [5.41, 5.74) is 1.55. The summed E-state index contributed by atoms with van der Waals surface area (Å²) >= 11 is 0. The van der Waals surface area contributed by atoms with Crippen molar-refractivity contribution in [3.05, 3.63) is 75.8 Å². The standard InChI is InChI=1S/C20H11N3O3.C3H8O/c21-10-14-15(11-24)17(12-6-2-1-3-7-12)20(23(25)26)19-18(14)13-8-4-5-9-16(13)22-19;1-3-4-2/h1-9,11,22H;3H2,1-2H3. The minimum absolute atomic E-state index is 0.0302. The van der Waals surface area contributed by atoms with Crippen molar-refractivity contribution < 1.29 is 14.5 Å². The van der Waals surface area contributed by atoms with Crippen molar-refractivity contribution in [3.8, 4) is 17.2 Å². The first kappa shape index (κ1) is 20.7. The van der Waals surface area contributed by atoms with Gasteiger partial charge in [-0.25, -0.2) is 0 Å². The van der Waals surface area contributed by atoms with E-state index in [0.717, 1.165) is 6.61 Å². The summed E-state index contributed by atoms with van der Waals surface area (Å²) in [6, 6.07) is 17.8. The first-order valence-corrected chi connectivity index (χ1v) is 9.23. The molecule has 0 amide bonds. The van der Waals surface area contributed by atoms with E-state index in [1.807, 2.05) is 6.92 Å². The fraction of sp³-hybridized carbons (Fsp3) is 0.130. The van der Waals surface area contributed by atoms with Gasteiger partial charge in [-0.15, -0.1) is 0 Å². The predicted octanol–water partition coefficient (Wildman–Crippen LogP) is 5.23. The van der Waals surface area contributed by atoms with E-state index >= 15 is 0 Å². The van der Waals surface area contributed by atoms with Crippen molar-refractivity contribution in [2.75, 3.05) is 13.7 Å². The van der Waals surface area contributed by atoms with Crippen molar-refractivity contribution in [1.82, 2.24) is 4.98 Å². The Morgan fingerprint density at radius 2 is 1.80 bits per heavy atom. The molecule has 0 atom stereocenters. The number of H-pyrrole nitrogens is 1. The highest BCUT2D eigenvalue weighted by Gasteiger charge is 2.29. The van der Waals surface area contributed by atoms with E-state index in [4.69, 9.17) is 0 Å². The number of nitro groups is 1. The van der Waals surface area contributed by atoms with Crippen molar-refractivity contribution in [3.63, 3.8) is 0 Å². The van der Waals surface area contributed by atoms with Crippen LogP contribution in [0.4, 0.5) is 5.69 Å². The van der Waals surface area contributed by atoms with Crippen LogP contribution in [0.5, 0.6) is 0 Å². The number of para-hydroxylation sites is 1. The molecule has 0 saturated heterocycles. The van der Waals surface area contributed by atoms with Gasteiger partial charge in [0.2, 0.25) is 0 Å². The van der Waals surface area contributed by atoms with Gasteiger partial charge in [-0.1, -0.05) is 48.5 Å². The molecule has 3 aromatic carbocycles. The zero-order valence-electron chi connectivity index (χ0n) is 16.5. The highest BCUT2D eigenvalue weighted by Crippen LogP contribution is 2.43. The van der Waals surface area contributed by atoms with E-state index in [0.29, 0.717) is 28.1 Å². The number of aromatic amines is 1. The molecule has 0 radical (unpaired) electrons. The van der Waals surface area contributed by atoms with Crippen molar-refractivity contribution in [2.45, 2.75) is 6.92 Å². The molecular weight excluding hydrogens is 382 g/mol. The van der Waals surface area contributed by atoms with Crippen LogP contribution in [0.2, 0.25) is 0 Å². The lowest BCUT2D eigenvalue weighted by molar-refractivity contribution is -0.382. The molecular formula is C23H19N3O4. The number of benzene rings is 3. The molecule has 0 aliphatic heterocycles. The molecule has 0 spiro atoms. The number of nitro benzene ring substituents is 1. The number of methoxy groups -OCH3 is 1. The number of aldehydes is 1. The van der Waals surface area contributed by atoms with Crippen LogP contribution < -0.4 is 0 Å². The third kappa shape index (κ3) is 3.52. The average Bonchev–Trinajstić information content (AvgIpc) is 3.16. The molecule has 150 valence electrons. The Balaban J connectivity index is 0.000000589. The van der Waals surface area contributed by atoms with Gasteiger partial charge in [0.25, 0.3) is 0 Å². The second-order valence-electron chi connectivity index (χ2n) is 6.36. The number of fused-ring (bicyclic) bond motifs is 3. The first-order valence-electron chi connectivity index (χ1n) is 9.23. The molecule has 0 aliphatic rings. The Kier molecular flexibility index (Phi) is 6.20. The van der Waals surface area contributed by atoms with Crippen LogP contribution >= 0.6 is 0 Å². The number of aromatic nitrogens is 1. The maximum Gasteiger partial charge on any atom is 0.301 e. The van der Waals surface area contributed by atoms with Crippen LogP contribution in [0.1, 0.15) is 22.8 Å². The van der Waals surface area contributed by atoms with Gasteiger partial charge >= 0.3 is 5.69 Å². The molecule has 30 heavy (non-hydrogen) atoms. The number of nitrogens with zero attached hydrogens (tertiary/aromatic N) is 2. The van der Waals surface area contributed by atoms with Crippen LogP contribution in [0.3, 0.4) is 0 Å². The first-order chi connectivity index (χ1) is 14.6. The largest absolute Gasteiger partial charge is 0.385 e. The molecule has 1 N–H and O–H groups in total. The third-order valence-corrected chi connectivity index (χ3v) is 4.73. The zero-order valence-corrected chi connectivity index (χ0v) is 16.5. The SMILES string of the molecule is CCOC.N#Cc1c(C=O)c(-c2ccccc2)c([N+](=O)[O-])c2[nH]c3ccccc3c12. The average molecular weight is 401 g/mol. The molecule has 0 aliphatic carbocycles. The molecule has 0 fully saturated rings. The van der Waals surface area contributed by atoms with Gasteiger partial charge < -0.3 is 9.72 Å². The number of ether oxygens (including phenoxy) is 1. The van der Waals surface area contributed by atoms with Gasteiger partial charge in [0.05, 0.1) is 16.1 Å². The van der Waals surface area contributed by atoms with Gasteiger partial charge in [-0.05, 0) is 18.6 Å². The van der Waals surface area contributed by atoms with Gasteiger partial charge in [-0.2, -0.15) is 5.26 Å². The Labute approximate surface area is 172 Å². The van der Waals surface area contributed by atoms with Crippen LogP contribution in [-0.2, 0) is 4.74 Å². The number of rotatable bonds is 4. The summed E-state index contributed by atoms with van der Waals surface area (Å²) < 4.78 is 4.54. The molecule has 0 saturated carbocycles. The minimum Gasteiger partial charge on any atom is -0.385 e. The van der Waals surface area contributed by atoms with E-state index in [-0.39, 0.29) is 27.9 Å². The van der Waals surface area contributed by atoms with Gasteiger partial charge in [0.15, 0.2) is 6.29 Å². The van der Waals surface area contributed by atoms with Gasteiger partial charge in [0.1, 0.15) is 11.6 Å². The van der Waals surface area contributed by atoms with E-state index < -0.39 is 4.92 Å². The van der Waals surface area contributed by atoms with Crippen LogP contribution in [0.25, 0.3) is 32.9 Å². The Hall–Kier alpha value is -4.02. The Morgan fingerprint density at radius 3 is 2.37 bits per heavy atom. The lowest BCUT2D eigenvalue weighted by atomic mass is 9.91. The summed E-state index contributed by atoms with van der Waals surface area (Å²) in [6.45, 7) is 2.78. The van der Waals surface area contributed by atoms with E-state index in [1.165, 1.54) is 0 Å². The molecule has 4 rings (SSSR count). The zero-order chi connectivity index (χ0) is 21.7. The quantitative estimate of drug-likeness (QED) is 0.286. The molecule has 0 unspecified atom stereocenters. The summed E-state index contributed by atoms with van der Waals surface area (Å²) in [5, 5.41) is 22.7. The number of carbonyl (C=O) groups excluding carboxylic acids is 1. The number of nitrogens with one attached hydrogen (secondary N) is 1. The number of nitriles is 1. The highest BCUT2D eigenvalue weighted by molar-refractivity contribution is 6.18. The van der Waals surface area contributed by atoms with E-state index in [9.17, 15) is 20.2 Å². The number of hydrogen-bond acceptors (Lipinski definition) is 5. The van der Waals surface area contributed by atoms with Gasteiger partial charge in [-0.3, -0.25) is 14.9 Å². The molecule has 0 bridgehead atoms. The number of carbonyl (C=O) groups is 1. The fourth-order valence-corrected chi connectivity index (χ4v) is 3.41. The summed E-state index contributed by atoms with van der Waals surface area (Å²) in [7, 11) is 1.68. The smallest absolute Gasteiger partial charge is 0.301 e. The van der Waals surface area contributed by atoms with Crippen molar-refractivity contribution in [2.24, 2.45) is 0 Å². The van der Waals surface area contributed by atoms with Crippen LogP contribution in [0, 0.1) is 21.4 Å². The molecule has 1 heterocycles. The lowest BCUT2D eigenvalue weighted by Gasteiger charge is -2.10. The molecule has 7 nitrogen and oxygen atoms in total. The second kappa shape index (κ2) is 8.99. The lowest BCUT2D eigenvalue weighted by Crippen LogP contribution is -2.01. The van der Waals surface area contributed by atoms with E-state index in [2.05, 4.69) is 15.8 Å². The second-order valence-corrected chi connectivity index (χ2v) is 6.36. The van der Waals surface area contributed by atoms with Crippen LogP contribution in [-0.4, -0.2) is 29.9 Å². The predicted molar refractivity (Wildman–Crippen MR) is 116 cm³/mol. The summed E-state index contributed by atoms with van der Waals surface area (Å²) in [6.07, 6.45) is 0.523. The molecule has 7 heteroatoms. The van der Waals surface area contributed by atoms with Gasteiger partial charge in [0, 0.05) is 35.6 Å². The fourth-order valence-electron chi connectivity index (χ4n) is 3.41. The molecule has 1 aromatic heterocycles. The number of hydrogen-bond donors (Lipinski definition) is 1. The highest BCUT2D eigenvalue weighted by atomic mass is 16.6.